The highest BCUT2D eigenvalue weighted by Gasteiger charge is 2.15. The van der Waals surface area contributed by atoms with Crippen LogP contribution in [0.4, 0.5) is 0 Å². The smallest absolute Gasteiger partial charge is 0.190 e. The van der Waals surface area contributed by atoms with Gasteiger partial charge < -0.3 is 14.0 Å². The Balaban J connectivity index is 2.53. The minimum absolute atomic E-state index is 0.0274. The molecule has 0 aromatic carbocycles. The fourth-order valence-corrected chi connectivity index (χ4v) is 1.77. The topological polar surface area (TPSA) is 40.5 Å². The molecule has 0 spiro atoms. The Labute approximate surface area is 109 Å². The van der Waals surface area contributed by atoms with Gasteiger partial charge in [0, 0.05) is 30.6 Å². The third kappa shape index (κ3) is 3.68. The molecule has 1 atom stereocenters. The molecule has 1 aromatic heterocycles. The molecular formula is C14H23NO3. The highest BCUT2D eigenvalue weighted by molar-refractivity contribution is 5.98. The number of carbonyl (C=O) groups excluding carboxylic acids is 1. The quantitative estimate of drug-likeness (QED) is 0.700. The first-order chi connectivity index (χ1) is 8.47. The van der Waals surface area contributed by atoms with Crippen molar-refractivity contribution < 1.29 is 14.3 Å². The van der Waals surface area contributed by atoms with Crippen LogP contribution >= 0.6 is 0 Å². The summed E-state index contributed by atoms with van der Waals surface area (Å²) in [7, 11) is 1.96. The van der Waals surface area contributed by atoms with E-state index in [1.165, 1.54) is 0 Å². The summed E-state index contributed by atoms with van der Waals surface area (Å²) in [5.74, 6) is 0.0274. The minimum atomic E-state index is -0.0565. The van der Waals surface area contributed by atoms with Gasteiger partial charge in [-0.3, -0.25) is 4.79 Å². The fraction of sp³-hybridized carbons (Fsp3) is 0.643. The van der Waals surface area contributed by atoms with Crippen molar-refractivity contribution in [1.29, 1.82) is 0 Å². The highest BCUT2D eigenvalue weighted by atomic mass is 16.5. The monoisotopic (exact) mass is 253 g/mol. The summed E-state index contributed by atoms with van der Waals surface area (Å²) in [6, 6.07) is 1.91. The van der Waals surface area contributed by atoms with Gasteiger partial charge in [0.1, 0.15) is 6.61 Å². The van der Waals surface area contributed by atoms with Crippen molar-refractivity contribution in [1.82, 2.24) is 4.57 Å². The number of rotatable bonds is 7. The lowest BCUT2D eigenvalue weighted by molar-refractivity contribution is 0.00114. The molecule has 18 heavy (non-hydrogen) atoms. The van der Waals surface area contributed by atoms with Crippen molar-refractivity contribution in [2.75, 3.05) is 19.8 Å². The van der Waals surface area contributed by atoms with E-state index in [-0.39, 0.29) is 18.5 Å². The van der Waals surface area contributed by atoms with Gasteiger partial charge in [-0.15, -0.1) is 0 Å². The number of aromatic nitrogens is 1. The molecule has 4 heteroatoms. The summed E-state index contributed by atoms with van der Waals surface area (Å²) in [6.45, 7) is 9.08. The summed E-state index contributed by atoms with van der Waals surface area (Å²) >= 11 is 0. The Morgan fingerprint density at radius 3 is 2.61 bits per heavy atom. The van der Waals surface area contributed by atoms with Crippen LogP contribution in [0, 0.1) is 13.8 Å². The predicted molar refractivity (Wildman–Crippen MR) is 71.1 cm³/mol. The zero-order valence-electron chi connectivity index (χ0n) is 11.9. The Kier molecular flexibility index (Phi) is 5.56. The number of ketones is 1. The molecule has 1 unspecified atom stereocenters. The molecule has 0 aliphatic heterocycles. The van der Waals surface area contributed by atoms with Crippen molar-refractivity contribution in [2.45, 2.75) is 33.8 Å². The lowest BCUT2D eigenvalue weighted by Gasteiger charge is -2.12. The second-order valence-corrected chi connectivity index (χ2v) is 4.55. The van der Waals surface area contributed by atoms with Crippen molar-refractivity contribution in [3.05, 3.63) is 23.0 Å². The summed E-state index contributed by atoms with van der Waals surface area (Å²) in [5, 5.41) is 0. The first kappa shape index (κ1) is 14.9. The third-order valence-electron chi connectivity index (χ3n) is 3.13. The summed E-state index contributed by atoms with van der Waals surface area (Å²) < 4.78 is 12.7. The zero-order chi connectivity index (χ0) is 13.7. The standard InChI is InChI=1S/C14H23NO3/c1-6-17-8-11(3)18-9-14(16)13-7-10(2)15(5)12(13)4/h7,11H,6,8-9H2,1-5H3. The van der Waals surface area contributed by atoms with E-state index < -0.39 is 0 Å². The van der Waals surface area contributed by atoms with Gasteiger partial charge in [-0.2, -0.15) is 0 Å². The number of hydrogen-bond donors (Lipinski definition) is 0. The molecule has 0 saturated carbocycles. The number of aryl methyl sites for hydroxylation is 1. The first-order valence-corrected chi connectivity index (χ1v) is 6.32. The van der Waals surface area contributed by atoms with Crippen LogP contribution in [-0.4, -0.2) is 36.3 Å². The third-order valence-corrected chi connectivity index (χ3v) is 3.13. The minimum Gasteiger partial charge on any atom is -0.379 e. The van der Waals surface area contributed by atoms with E-state index in [4.69, 9.17) is 9.47 Å². The molecule has 0 bridgehead atoms. The van der Waals surface area contributed by atoms with Crippen LogP contribution in [0.5, 0.6) is 0 Å². The lowest BCUT2D eigenvalue weighted by atomic mass is 10.1. The van der Waals surface area contributed by atoms with Crippen molar-refractivity contribution >= 4 is 5.78 Å². The van der Waals surface area contributed by atoms with Crippen molar-refractivity contribution in [3.8, 4) is 0 Å². The molecule has 0 radical (unpaired) electrons. The molecule has 1 heterocycles. The summed E-state index contributed by atoms with van der Waals surface area (Å²) in [4.78, 5) is 12.0. The molecule has 4 nitrogen and oxygen atoms in total. The van der Waals surface area contributed by atoms with Crippen LogP contribution in [0.1, 0.15) is 35.6 Å². The van der Waals surface area contributed by atoms with Crippen molar-refractivity contribution in [2.24, 2.45) is 7.05 Å². The molecule has 102 valence electrons. The summed E-state index contributed by atoms with van der Waals surface area (Å²) in [6.07, 6.45) is -0.0565. The van der Waals surface area contributed by atoms with E-state index >= 15 is 0 Å². The average Bonchev–Trinajstić information content (AvgIpc) is 2.61. The molecule has 0 aliphatic rings. The number of Topliss-reactive ketones (excluding diaryl/α,β-unsaturated/α-hetero) is 1. The SMILES string of the molecule is CCOCC(C)OCC(=O)c1cc(C)n(C)c1C. The Hall–Kier alpha value is -1.13. The molecule has 0 aliphatic carbocycles. The maximum Gasteiger partial charge on any atom is 0.190 e. The maximum atomic E-state index is 12.0. The molecule has 0 fully saturated rings. The van der Waals surface area contributed by atoms with E-state index in [0.717, 1.165) is 17.0 Å². The highest BCUT2D eigenvalue weighted by Crippen LogP contribution is 2.14. The number of nitrogens with zero attached hydrogens (tertiary/aromatic N) is 1. The average molecular weight is 253 g/mol. The molecule has 1 aromatic rings. The van der Waals surface area contributed by atoms with Gasteiger partial charge in [-0.1, -0.05) is 0 Å². The second-order valence-electron chi connectivity index (χ2n) is 4.55. The van der Waals surface area contributed by atoms with Gasteiger partial charge in [-0.05, 0) is 33.8 Å². The van der Waals surface area contributed by atoms with Crippen LogP contribution in [-0.2, 0) is 16.5 Å². The Morgan fingerprint density at radius 2 is 2.11 bits per heavy atom. The van der Waals surface area contributed by atoms with Gasteiger partial charge >= 0.3 is 0 Å². The van der Waals surface area contributed by atoms with E-state index in [1.54, 1.807) is 0 Å². The van der Waals surface area contributed by atoms with Gasteiger partial charge in [0.15, 0.2) is 5.78 Å². The largest absolute Gasteiger partial charge is 0.379 e. The van der Waals surface area contributed by atoms with Crippen LogP contribution < -0.4 is 0 Å². The van der Waals surface area contributed by atoms with Crippen molar-refractivity contribution in [3.63, 3.8) is 0 Å². The normalized spacial score (nSPS) is 12.7. The number of hydrogen-bond acceptors (Lipinski definition) is 3. The van der Waals surface area contributed by atoms with E-state index in [1.807, 2.05) is 45.4 Å². The second kappa shape index (κ2) is 6.71. The molecule has 0 N–H and O–H groups in total. The van der Waals surface area contributed by atoms with Crippen LogP contribution in [0.15, 0.2) is 6.07 Å². The maximum absolute atomic E-state index is 12.0. The Morgan fingerprint density at radius 1 is 1.44 bits per heavy atom. The van der Waals surface area contributed by atoms with Gasteiger partial charge in [-0.25, -0.2) is 0 Å². The van der Waals surface area contributed by atoms with Gasteiger partial charge in [0.05, 0.1) is 12.7 Å². The van der Waals surface area contributed by atoms with E-state index in [2.05, 4.69) is 0 Å². The predicted octanol–water partition coefficient (Wildman–Crippen LogP) is 2.27. The summed E-state index contributed by atoms with van der Waals surface area (Å²) in [5.41, 5.74) is 2.82. The Bertz CT molecular complexity index is 409. The van der Waals surface area contributed by atoms with Gasteiger partial charge in [0.2, 0.25) is 0 Å². The molecular weight excluding hydrogens is 230 g/mol. The molecule has 1 rings (SSSR count). The first-order valence-electron chi connectivity index (χ1n) is 6.32. The van der Waals surface area contributed by atoms with Gasteiger partial charge in [0.25, 0.3) is 0 Å². The molecule has 0 saturated heterocycles. The zero-order valence-corrected chi connectivity index (χ0v) is 11.9. The van der Waals surface area contributed by atoms with Crippen LogP contribution in [0.2, 0.25) is 0 Å². The number of carbonyl (C=O) groups is 1. The molecule has 0 amide bonds. The lowest BCUT2D eigenvalue weighted by Crippen LogP contribution is -2.20. The van der Waals surface area contributed by atoms with E-state index in [0.29, 0.717) is 13.2 Å². The number of ether oxygens (including phenoxy) is 2. The fourth-order valence-electron chi connectivity index (χ4n) is 1.77. The van der Waals surface area contributed by atoms with Crippen LogP contribution in [0.3, 0.4) is 0 Å². The van der Waals surface area contributed by atoms with E-state index in [9.17, 15) is 4.79 Å². The van der Waals surface area contributed by atoms with Crippen LogP contribution in [0.25, 0.3) is 0 Å².